The molecule has 0 radical (unpaired) electrons. The number of aromatic nitrogens is 2. The fourth-order valence-corrected chi connectivity index (χ4v) is 3.47. The molecule has 1 heterocycles. The quantitative estimate of drug-likeness (QED) is 0.431. The number of rotatable bonds is 11. The second-order valence-corrected chi connectivity index (χ2v) is 8.28. The third-order valence-corrected chi connectivity index (χ3v) is 5.17. The summed E-state index contributed by atoms with van der Waals surface area (Å²) < 4.78 is 22.2. The van der Waals surface area contributed by atoms with E-state index in [2.05, 4.69) is 15.3 Å². The first-order chi connectivity index (χ1) is 16.9. The van der Waals surface area contributed by atoms with Crippen molar-refractivity contribution in [2.75, 3.05) is 21.3 Å². The molecule has 0 fully saturated rings. The van der Waals surface area contributed by atoms with Gasteiger partial charge in [-0.15, -0.1) is 0 Å². The molecule has 0 aliphatic heterocycles. The van der Waals surface area contributed by atoms with Crippen molar-refractivity contribution in [1.82, 2.24) is 15.3 Å². The van der Waals surface area contributed by atoms with E-state index in [0.717, 1.165) is 5.56 Å². The van der Waals surface area contributed by atoms with Crippen LogP contribution >= 0.6 is 0 Å². The van der Waals surface area contributed by atoms with E-state index in [1.165, 1.54) is 21.3 Å². The number of hydrogen-bond donors (Lipinski definition) is 2. The number of aromatic amines is 1. The van der Waals surface area contributed by atoms with Crippen molar-refractivity contribution < 1.29 is 23.7 Å². The van der Waals surface area contributed by atoms with Crippen LogP contribution in [0, 0.1) is 5.92 Å². The molecule has 2 N–H and O–H groups in total. The monoisotopic (exact) mass is 481 g/mol. The first-order valence-electron chi connectivity index (χ1n) is 11.2. The predicted octanol–water partition coefficient (Wildman–Crippen LogP) is 3.50. The Morgan fingerprint density at radius 2 is 1.66 bits per heavy atom. The van der Waals surface area contributed by atoms with E-state index in [4.69, 9.17) is 18.9 Å². The zero-order chi connectivity index (χ0) is 25.4. The fourth-order valence-electron chi connectivity index (χ4n) is 3.47. The third kappa shape index (κ3) is 6.53. The van der Waals surface area contributed by atoms with Crippen molar-refractivity contribution in [1.29, 1.82) is 0 Å². The van der Waals surface area contributed by atoms with E-state index in [9.17, 15) is 9.59 Å². The second-order valence-electron chi connectivity index (χ2n) is 8.28. The van der Waals surface area contributed by atoms with Crippen LogP contribution in [-0.2, 0) is 19.6 Å². The molecule has 0 spiro atoms. The lowest BCUT2D eigenvalue weighted by molar-refractivity contribution is 0.0941. The molecule has 0 saturated carbocycles. The molecule has 186 valence electrons. The molecule has 9 heteroatoms. The number of hydrogen-bond acceptors (Lipinski definition) is 7. The summed E-state index contributed by atoms with van der Waals surface area (Å²) in [7, 11) is 4.47. The average molecular weight is 482 g/mol. The van der Waals surface area contributed by atoms with E-state index in [1.807, 2.05) is 44.2 Å². The maximum absolute atomic E-state index is 12.8. The van der Waals surface area contributed by atoms with Gasteiger partial charge in [0.15, 0.2) is 17.2 Å². The molecule has 0 bridgehead atoms. The van der Waals surface area contributed by atoms with Crippen LogP contribution in [0.5, 0.6) is 23.1 Å². The minimum absolute atomic E-state index is 0.0354. The van der Waals surface area contributed by atoms with Crippen molar-refractivity contribution in [3.8, 4) is 23.1 Å². The Bertz CT molecular complexity index is 1180. The maximum Gasteiger partial charge on any atom is 0.273 e. The molecule has 0 unspecified atom stereocenters. The van der Waals surface area contributed by atoms with Gasteiger partial charge in [-0.25, -0.2) is 4.98 Å². The van der Waals surface area contributed by atoms with Crippen LogP contribution in [0.25, 0.3) is 0 Å². The predicted molar refractivity (Wildman–Crippen MR) is 131 cm³/mol. The zero-order valence-electron chi connectivity index (χ0n) is 20.6. The number of nitrogens with zero attached hydrogens (tertiary/aromatic N) is 1. The van der Waals surface area contributed by atoms with E-state index >= 15 is 0 Å². The smallest absolute Gasteiger partial charge is 0.273 e. The fraction of sp³-hybridized carbons (Fsp3) is 0.346. The van der Waals surface area contributed by atoms with E-state index < -0.39 is 11.5 Å². The Balaban J connectivity index is 1.77. The lowest BCUT2D eigenvalue weighted by Gasteiger charge is -2.17. The maximum atomic E-state index is 12.8. The molecular formula is C26H31N3O6. The molecule has 35 heavy (non-hydrogen) atoms. The van der Waals surface area contributed by atoms with Crippen molar-refractivity contribution >= 4 is 5.91 Å². The number of carbonyl (C=O) groups excluding carboxylic acids is 1. The Morgan fingerprint density at radius 1 is 1.00 bits per heavy atom. The van der Waals surface area contributed by atoms with Crippen molar-refractivity contribution in [3.63, 3.8) is 0 Å². The summed E-state index contributed by atoms with van der Waals surface area (Å²) >= 11 is 0. The largest absolute Gasteiger partial charge is 0.493 e. The lowest BCUT2D eigenvalue weighted by atomic mass is 10.1. The number of amides is 1. The van der Waals surface area contributed by atoms with Gasteiger partial charge in [-0.1, -0.05) is 44.2 Å². The Labute approximate surface area is 204 Å². The lowest BCUT2D eigenvalue weighted by Crippen LogP contribution is -2.29. The molecule has 0 aliphatic rings. The van der Waals surface area contributed by atoms with Gasteiger partial charge in [0, 0.05) is 6.54 Å². The molecular weight excluding hydrogens is 450 g/mol. The first-order valence-corrected chi connectivity index (χ1v) is 11.2. The van der Waals surface area contributed by atoms with Gasteiger partial charge in [-0.05, 0) is 35.6 Å². The summed E-state index contributed by atoms with van der Waals surface area (Å²) in [5.74, 6) is 1.18. The van der Waals surface area contributed by atoms with Crippen LogP contribution in [-0.4, -0.2) is 37.2 Å². The molecule has 3 rings (SSSR count). The van der Waals surface area contributed by atoms with Gasteiger partial charge in [-0.2, -0.15) is 0 Å². The van der Waals surface area contributed by atoms with E-state index in [1.54, 1.807) is 12.1 Å². The normalized spacial score (nSPS) is 10.7. The average Bonchev–Trinajstić information content (AvgIpc) is 2.86. The van der Waals surface area contributed by atoms with Crippen LogP contribution in [0.4, 0.5) is 0 Å². The van der Waals surface area contributed by atoms with Gasteiger partial charge >= 0.3 is 0 Å². The number of nitrogens with one attached hydrogen (secondary N) is 2. The topological polar surface area (TPSA) is 112 Å². The molecule has 3 aromatic rings. The van der Waals surface area contributed by atoms with Crippen LogP contribution < -0.4 is 29.8 Å². The van der Waals surface area contributed by atoms with Gasteiger partial charge in [0.1, 0.15) is 12.3 Å². The molecule has 0 atom stereocenters. The molecule has 0 saturated heterocycles. The summed E-state index contributed by atoms with van der Waals surface area (Å²) in [6.45, 7) is 4.45. The van der Waals surface area contributed by atoms with Gasteiger partial charge in [-0.3, -0.25) is 9.59 Å². The van der Waals surface area contributed by atoms with Crippen LogP contribution in [0.15, 0.2) is 47.3 Å². The molecule has 1 aromatic heterocycles. The van der Waals surface area contributed by atoms with Gasteiger partial charge in [0.2, 0.25) is 11.6 Å². The van der Waals surface area contributed by atoms with Gasteiger partial charge in [0.05, 0.1) is 21.3 Å². The van der Waals surface area contributed by atoms with Crippen LogP contribution in [0.3, 0.4) is 0 Å². The number of carbonyl (C=O) groups is 1. The summed E-state index contributed by atoms with van der Waals surface area (Å²) in [5.41, 5.74) is 1.60. The summed E-state index contributed by atoms with van der Waals surface area (Å²) in [4.78, 5) is 32.1. The highest BCUT2D eigenvalue weighted by Crippen LogP contribution is 2.39. The SMILES string of the molecule is COc1cc(CNC(=O)c2[nH]c(=O)c(CC(C)C)nc2OC)cc(OC)c1OCc1ccccc1. The Morgan fingerprint density at radius 3 is 2.23 bits per heavy atom. The summed E-state index contributed by atoms with van der Waals surface area (Å²) in [5, 5.41) is 2.78. The molecule has 2 aromatic carbocycles. The first kappa shape index (κ1) is 25.6. The summed E-state index contributed by atoms with van der Waals surface area (Å²) in [6.07, 6.45) is 0.478. The molecule has 0 aliphatic carbocycles. The zero-order valence-corrected chi connectivity index (χ0v) is 20.6. The Hall–Kier alpha value is -4.01. The number of methoxy groups -OCH3 is 3. The van der Waals surface area contributed by atoms with E-state index in [-0.39, 0.29) is 24.0 Å². The second kappa shape index (κ2) is 11.9. The minimum atomic E-state index is -0.523. The van der Waals surface area contributed by atoms with Gasteiger partial charge in [0.25, 0.3) is 11.5 Å². The highest BCUT2D eigenvalue weighted by Gasteiger charge is 2.20. The number of H-pyrrole nitrogens is 1. The standard InChI is InChI=1S/C26H31N3O6/c1-16(2)11-19-24(30)29-22(26(28-19)34-5)25(31)27-14-18-12-20(32-3)23(21(13-18)33-4)35-15-17-9-7-6-8-10-17/h6-10,12-13,16H,11,14-15H2,1-5H3,(H,27,31)(H,29,30). The van der Waals surface area contributed by atoms with Crippen molar-refractivity contribution in [2.45, 2.75) is 33.4 Å². The minimum Gasteiger partial charge on any atom is -0.493 e. The van der Waals surface area contributed by atoms with Gasteiger partial charge < -0.3 is 29.2 Å². The third-order valence-electron chi connectivity index (χ3n) is 5.17. The van der Waals surface area contributed by atoms with Crippen molar-refractivity contribution in [2.24, 2.45) is 5.92 Å². The molecule has 1 amide bonds. The van der Waals surface area contributed by atoms with Crippen LogP contribution in [0.1, 0.15) is 41.2 Å². The molecule has 9 nitrogen and oxygen atoms in total. The highest BCUT2D eigenvalue weighted by molar-refractivity contribution is 5.94. The number of benzene rings is 2. The Kier molecular flexibility index (Phi) is 8.72. The highest BCUT2D eigenvalue weighted by atomic mass is 16.5. The van der Waals surface area contributed by atoms with Crippen LogP contribution in [0.2, 0.25) is 0 Å². The van der Waals surface area contributed by atoms with E-state index in [0.29, 0.717) is 41.5 Å². The number of ether oxygens (including phenoxy) is 4. The van der Waals surface area contributed by atoms with Crippen molar-refractivity contribution in [3.05, 3.63) is 75.3 Å². The summed E-state index contributed by atoms with van der Waals surface area (Å²) in [6, 6.07) is 13.3.